The molecular formula is C22H27NO2. The summed E-state index contributed by atoms with van der Waals surface area (Å²) in [6, 6.07) is 17.0. The van der Waals surface area contributed by atoms with E-state index in [2.05, 4.69) is 60.8 Å². The van der Waals surface area contributed by atoms with Gasteiger partial charge in [0.25, 0.3) is 0 Å². The van der Waals surface area contributed by atoms with E-state index in [1.807, 2.05) is 6.92 Å². The van der Waals surface area contributed by atoms with Crippen LogP contribution >= 0.6 is 0 Å². The Bertz CT molecular complexity index is 706. The molecule has 0 bridgehead atoms. The van der Waals surface area contributed by atoms with E-state index in [4.69, 9.17) is 4.74 Å². The van der Waals surface area contributed by atoms with Gasteiger partial charge in [0.1, 0.15) is 5.75 Å². The Balaban J connectivity index is 1.57. The number of ether oxygens (including phenoxy) is 1. The smallest absolute Gasteiger partial charge is 0.217 e. The molecule has 2 aromatic rings. The van der Waals surface area contributed by atoms with Crippen molar-refractivity contribution in [3.63, 3.8) is 0 Å². The SMILES string of the molecule is CC(=O)NC(C)Cc1ccc(-c2ccc(OCC3CC3C)cc2)cc1. The Hall–Kier alpha value is -2.29. The Morgan fingerprint density at radius 2 is 1.68 bits per heavy atom. The number of hydrogen-bond donors (Lipinski definition) is 1. The summed E-state index contributed by atoms with van der Waals surface area (Å²) < 4.78 is 5.85. The number of rotatable bonds is 7. The van der Waals surface area contributed by atoms with Gasteiger partial charge in [-0.1, -0.05) is 43.3 Å². The Morgan fingerprint density at radius 1 is 1.12 bits per heavy atom. The predicted octanol–water partition coefficient (Wildman–Crippen LogP) is 4.46. The normalized spacial score (nSPS) is 20.0. The van der Waals surface area contributed by atoms with Crippen molar-refractivity contribution in [2.45, 2.75) is 39.7 Å². The molecule has 0 radical (unpaired) electrons. The average molecular weight is 337 g/mol. The summed E-state index contributed by atoms with van der Waals surface area (Å²) in [6.07, 6.45) is 2.14. The van der Waals surface area contributed by atoms with Crippen LogP contribution in [0.25, 0.3) is 11.1 Å². The molecule has 132 valence electrons. The third-order valence-corrected chi connectivity index (χ3v) is 4.87. The number of carbonyl (C=O) groups is 1. The van der Waals surface area contributed by atoms with E-state index in [1.165, 1.54) is 23.1 Å². The van der Waals surface area contributed by atoms with E-state index in [-0.39, 0.29) is 11.9 Å². The first-order valence-electron chi connectivity index (χ1n) is 9.10. The van der Waals surface area contributed by atoms with Gasteiger partial charge in [-0.25, -0.2) is 0 Å². The number of carbonyl (C=O) groups excluding carboxylic acids is 1. The van der Waals surface area contributed by atoms with Gasteiger partial charge < -0.3 is 10.1 Å². The molecular weight excluding hydrogens is 310 g/mol. The highest BCUT2D eigenvalue weighted by molar-refractivity contribution is 5.73. The minimum atomic E-state index is 0.0163. The van der Waals surface area contributed by atoms with Crippen LogP contribution in [0.15, 0.2) is 48.5 Å². The Labute approximate surface area is 150 Å². The molecule has 3 heteroatoms. The van der Waals surface area contributed by atoms with Crippen molar-refractivity contribution in [1.29, 1.82) is 0 Å². The van der Waals surface area contributed by atoms with Crippen molar-refractivity contribution >= 4 is 5.91 Å². The van der Waals surface area contributed by atoms with Crippen LogP contribution in [0.5, 0.6) is 5.75 Å². The third kappa shape index (κ3) is 5.09. The highest BCUT2D eigenvalue weighted by Crippen LogP contribution is 2.38. The van der Waals surface area contributed by atoms with Crippen LogP contribution in [0.2, 0.25) is 0 Å². The van der Waals surface area contributed by atoms with Gasteiger partial charge in [0, 0.05) is 13.0 Å². The molecule has 1 aliphatic rings. The quantitative estimate of drug-likeness (QED) is 0.810. The average Bonchev–Trinajstić information content (AvgIpc) is 3.29. The maximum atomic E-state index is 11.1. The highest BCUT2D eigenvalue weighted by Gasteiger charge is 2.32. The van der Waals surface area contributed by atoms with Gasteiger partial charge in [-0.2, -0.15) is 0 Å². The van der Waals surface area contributed by atoms with Crippen LogP contribution in [0.4, 0.5) is 0 Å². The molecule has 3 rings (SSSR count). The predicted molar refractivity (Wildman–Crippen MR) is 102 cm³/mol. The van der Waals surface area contributed by atoms with Gasteiger partial charge in [-0.3, -0.25) is 4.79 Å². The van der Waals surface area contributed by atoms with Crippen molar-refractivity contribution in [2.75, 3.05) is 6.61 Å². The summed E-state index contributed by atoms with van der Waals surface area (Å²) in [6.45, 7) is 6.69. The first-order valence-corrected chi connectivity index (χ1v) is 9.10. The molecule has 0 aromatic heterocycles. The number of benzene rings is 2. The van der Waals surface area contributed by atoms with Gasteiger partial charge in [0.2, 0.25) is 5.91 Å². The van der Waals surface area contributed by atoms with Crippen LogP contribution in [0, 0.1) is 11.8 Å². The van der Waals surface area contributed by atoms with E-state index in [9.17, 15) is 4.79 Å². The van der Waals surface area contributed by atoms with Crippen molar-refractivity contribution in [1.82, 2.24) is 5.32 Å². The van der Waals surface area contributed by atoms with Gasteiger partial charge >= 0.3 is 0 Å². The fourth-order valence-corrected chi connectivity index (χ4v) is 3.16. The maximum absolute atomic E-state index is 11.1. The maximum Gasteiger partial charge on any atom is 0.217 e. The summed E-state index contributed by atoms with van der Waals surface area (Å²) in [5, 5.41) is 2.92. The van der Waals surface area contributed by atoms with Gasteiger partial charge in [-0.15, -0.1) is 0 Å². The first kappa shape index (κ1) is 17.5. The minimum Gasteiger partial charge on any atom is -0.493 e. The highest BCUT2D eigenvalue weighted by atomic mass is 16.5. The van der Waals surface area contributed by atoms with Gasteiger partial charge in [0.15, 0.2) is 0 Å². The molecule has 25 heavy (non-hydrogen) atoms. The summed E-state index contributed by atoms with van der Waals surface area (Å²) in [5.74, 6) is 2.53. The van der Waals surface area contributed by atoms with Crippen LogP contribution < -0.4 is 10.1 Å². The van der Waals surface area contributed by atoms with Gasteiger partial charge in [0.05, 0.1) is 6.61 Å². The zero-order chi connectivity index (χ0) is 17.8. The monoisotopic (exact) mass is 337 g/mol. The molecule has 0 saturated heterocycles. The summed E-state index contributed by atoms with van der Waals surface area (Å²) >= 11 is 0. The summed E-state index contributed by atoms with van der Waals surface area (Å²) in [7, 11) is 0. The molecule has 1 saturated carbocycles. The topological polar surface area (TPSA) is 38.3 Å². The molecule has 1 N–H and O–H groups in total. The van der Waals surface area contributed by atoms with Crippen molar-refractivity contribution in [3.05, 3.63) is 54.1 Å². The fourth-order valence-electron chi connectivity index (χ4n) is 3.16. The standard InChI is InChI=1S/C22H27NO2/c1-15-12-21(15)14-25-22-10-8-20(9-11-22)19-6-4-18(5-7-19)13-16(2)23-17(3)24/h4-11,15-16,21H,12-14H2,1-3H3,(H,23,24). The van der Waals surface area contributed by atoms with Crippen molar-refractivity contribution < 1.29 is 9.53 Å². The van der Waals surface area contributed by atoms with E-state index >= 15 is 0 Å². The zero-order valence-electron chi connectivity index (χ0n) is 15.3. The molecule has 3 nitrogen and oxygen atoms in total. The van der Waals surface area contributed by atoms with Crippen molar-refractivity contribution in [2.24, 2.45) is 11.8 Å². The second kappa shape index (κ2) is 7.73. The second-order valence-corrected chi connectivity index (χ2v) is 7.31. The van der Waals surface area contributed by atoms with E-state index in [1.54, 1.807) is 6.92 Å². The molecule has 0 aliphatic heterocycles. The lowest BCUT2D eigenvalue weighted by Crippen LogP contribution is -2.31. The lowest BCUT2D eigenvalue weighted by atomic mass is 10.0. The second-order valence-electron chi connectivity index (χ2n) is 7.31. The molecule has 0 heterocycles. The summed E-state index contributed by atoms with van der Waals surface area (Å²) in [5.41, 5.74) is 3.61. The van der Waals surface area contributed by atoms with E-state index in [0.29, 0.717) is 0 Å². The van der Waals surface area contributed by atoms with E-state index < -0.39 is 0 Å². The Kier molecular flexibility index (Phi) is 5.42. The third-order valence-electron chi connectivity index (χ3n) is 4.87. The molecule has 3 atom stereocenters. The van der Waals surface area contributed by atoms with E-state index in [0.717, 1.165) is 30.6 Å². The molecule has 0 spiro atoms. The van der Waals surface area contributed by atoms with Crippen LogP contribution in [0.3, 0.4) is 0 Å². The first-order chi connectivity index (χ1) is 12.0. The molecule has 3 unspecified atom stereocenters. The molecule has 1 fully saturated rings. The molecule has 2 aromatic carbocycles. The summed E-state index contributed by atoms with van der Waals surface area (Å²) in [4.78, 5) is 11.1. The largest absolute Gasteiger partial charge is 0.493 e. The number of hydrogen-bond acceptors (Lipinski definition) is 2. The molecule has 1 aliphatic carbocycles. The molecule has 1 amide bonds. The van der Waals surface area contributed by atoms with Crippen LogP contribution in [-0.2, 0) is 11.2 Å². The van der Waals surface area contributed by atoms with Gasteiger partial charge in [-0.05, 0) is 60.4 Å². The zero-order valence-corrected chi connectivity index (χ0v) is 15.3. The minimum absolute atomic E-state index is 0.0163. The fraction of sp³-hybridized carbons (Fsp3) is 0.409. The number of amides is 1. The van der Waals surface area contributed by atoms with Crippen LogP contribution in [0.1, 0.15) is 32.8 Å². The lowest BCUT2D eigenvalue weighted by molar-refractivity contribution is -0.119. The van der Waals surface area contributed by atoms with Crippen LogP contribution in [-0.4, -0.2) is 18.6 Å². The lowest BCUT2D eigenvalue weighted by Gasteiger charge is -2.13. The Morgan fingerprint density at radius 3 is 2.20 bits per heavy atom. The number of nitrogens with one attached hydrogen (secondary N) is 1. The van der Waals surface area contributed by atoms with Crippen molar-refractivity contribution in [3.8, 4) is 16.9 Å².